The minimum Gasteiger partial charge on any atom is -0.361 e. The van der Waals surface area contributed by atoms with E-state index in [4.69, 9.17) is 10.1 Å². The van der Waals surface area contributed by atoms with E-state index in [-0.39, 0.29) is 5.95 Å². The van der Waals surface area contributed by atoms with Crippen LogP contribution in [0.15, 0.2) is 52.2 Å². The summed E-state index contributed by atoms with van der Waals surface area (Å²) in [4.78, 5) is 12.2. The van der Waals surface area contributed by atoms with Crippen LogP contribution in [0.4, 0.5) is 5.95 Å². The molecule has 7 heteroatoms. The zero-order chi connectivity index (χ0) is 20.1. The van der Waals surface area contributed by atoms with Gasteiger partial charge < -0.3 is 9.51 Å². The summed E-state index contributed by atoms with van der Waals surface area (Å²) in [5.41, 5.74) is 15.8. The van der Waals surface area contributed by atoms with Crippen LogP contribution in [0, 0.1) is 26.3 Å². The highest BCUT2D eigenvalue weighted by Gasteiger charge is 2.19. The molecule has 0 saturated carbocycles. The molecular weight excluding hydrogens is 364 g/mol. The Hall–Kier alpha value is -3.87. The van der Waals surface area contributed by atoms with Crippen LogP contribution in [0.25, 0.3) is 44.2 Å². The van der Waals surface area contributed by atoms with E-state index in [2.05, 4.69) is 50.3 Å². The van der Waals surface area contributed by atoms with Gasteiger partial charge in [0.05, 0.1) is 22.2 Å². The van der Waals surface area contributed by atoms with Gasteiger partial charge in [-0.25, -0.2) is 10.5 Å². The lowest BCUT2D eigenvalue weighted by Crippen LogP contribution is -1.91. The van der Waals surface area contributed by atoms with Crippen molar-refractivity contribution in [3.05, 3.63) is 59.6 Å². The number of H-pyrrole nitrogens is 1. The summed E-state index contributed by atoms with van der Waals surface area (Å²) in [7, 11) is 0. The molecule has 0 aliphatic carbocycles. The van der Waals surface area contributed by atoms with E-state index in [1.165, 1.54) is 0 Å². The van der Waals surface area contributed by atoms with Crippen LogP contribution in [0.1, 0.15) is 17.0 Å². The summed E-state index contributed by atoms with van der Waals surface area (Å²) < 4.78 is 5.39. The Bertz CT molecular complexity index is 1390. The van der Waals surface area contributed by atoms with Crippen LogP contribution >= 0.6 is 0 Å². The van der Waals surface area contributed by atoms with Crippen LogP contribution in [0.3, 0.4) is 0 Å². The van der Waals surface area contributed by atoms with Gasteiger partial charge in [0, 0.05) is 22.7 Å². The average molecular weight is 382 g/mol. The zero-order valence-corrected chi connectivity index (χ0v) is 16.2. The average Bonchev–Trinajstić information content (AvgIpc) is 3.29. The Morgan fingerprint density at radius 2 is 1.93 bits per heavy atom. The van der Waals surface area contributed by atoms with Crippen molar-refractivity contribution in [1.82, 2.24) is 20.1 Å². The maximum absolute atomic E-state index is 7.38. The van der Waals surface area contributed by atoms with Gasteiger partial charge in [0.1, 0.15) is 5.76 Å². The van der Waals surface area contributed by atoms with Gasteiger partial charge in [-0.3, -0.25) is 4.98 Å². The fraction of sp³-hybridized carbons (Fsp3) is 0.136. The van der Waals surface area contributed by atoms with E-state index in [0.29, 0.717) is 0 Å². The lowest BCUT2D eigenvalue weighted by molar-refractivity contribution is 0.393. The third kappa shape index (κ3) is 2.62. The number of aromatic amines is 1. The monoisotopic (exact) mass is 382 g/mol. The van der Waals surface area contributed by atoms with Crippen LogP contribution < -0.4 is 0 Å². The van der Waals surface area contributed by atoms with Crippen molar-refractivity contribution in [1.29, 1.82) is 5.53 Å². The molecule has 0 radical (unpaired) electrons. The van der Waals surface area contributed by atoms with Gasteiger partial charge in [-0.15, -0.1) is 5.11 Å². The number of pyridine rings is 1. The Balaban J connectivity index is 1.92. The largest absolute Gasteiger partial charge is 0.361 e. The second kappa shape index (κ2) is 6.34. The van der Waals surface area contributed by atoms with E-state index in [1.54, 1.807) is 6.20 Å². The first kappa shape index (κ1) is 17.2. The summed E-state index contributed by atoms with van der Waals surface area (Å²) in [6, 6.07) is 12.2. The Kier molecular flexibility index (Phi) is 3.77. The fourth-order valence-corrected chi connectivity index (χ4v) is 4.01. The van der Waals surface area contributed by atoms with Crippen LogP contribution in [0.2, 0.25) is 0 Å². The van der Waals surface area contributed by atoms with Gasteiger partial charge >= 0.3 is 0 Å². The van der Waals surface area contributed by atoms with Crippen molar-refractivity contribution in [2.24, 2.45) is 5.11 Å². The van der Waals surface area contributed by atoms with E-state index in [0.717, 1.165) is 61.2 Å². The first-order valence-electron chi connectivity index (χ1n) is 9.26. The summed E-state index contributed by atoms with van der Waals surface area (Å²) in [6.45, 7) is 5.92. The number of nitrogens with one attached hydrogen (secondary N) is 2. The summed E-state index contributed by atoms with van der Waals surface area (Å²) >= 11 is 0. The van der Waals surface area contributed by atoms with E-state index < -0.39 is 0 Å². The molecule has 0 saturated heterocycles. The number of hydrogen-bond acceptors (Lipinski definition) is 6. The van der Waals surface area contributed by atoms with Gasteiger partial charge in [0.15, 0.2) is 0 Å². The Morgan fingerprint density at radius 1 is 1.07 bits per heavy atom. The number of nitrogens with zero attached hydrogens (tertiary/aromatic N) is 4. The molecule has 0 bridgehead atoms. The first-order chi connectivity index (χ1) is 14.1. The number of benzene rings is 2. The van der Waals surface area contributed by atoms with Crippen molar-refractivity contribution in [3.63, 3.8) is 0 Å². The van der Waals surface area contributed by atoms with Gasteiger partial charge in [0.25, 0.3) is 0 Å². The van der Waals surface area contributed by atoms with Crippen LogP contribution in [-0.2, 0) is 0 Å². The summed E-state index contributed by atoms with van der Waals surface area (Å²) in [6.07, 6.45) is 1.79. The third-order valence-electron chi connectivity index (χ3n) is 5.26. The molecule has 2 aromatic carbocycles. The molecule has 0 spiro atoms. The quantitative estimate of drug-likeness (QED) is 0.372. The number of fused-ring (bicyclic) bond motifs is 2. The number of imidazole rings is 1. The van der Waals surface area contributed by atoms with Crippen molar-refractivity contribution >= 4 is 27.9 Å². The minimum absolute atomic E-state index is 0.271. The van der Waals surface area contributed by atoms with Gasteiger partial charge in [-0.1, -0.05) is 17.3 Å². The molecule has 2 N–H and O–H groups in total. The minimum atomic E-state index is 0.271. The van der Waals surface area contributed by atoms with Crippen LogP contribution in [-0.4, -0.2) is 20.1 Å². The predicted octanol–water partition coefficient (Wildman–Crippen LogP) is 6.02. The highest BCUT2D eigenvalue weighted by Crippen LogP contribution is 2.40. The molecule has 0 atom stereocenters. The number of rotatable bonds is 3. The Labute approximate surface area is 166 Å². The maximum Gasteiger partial charge on any atom is 0.247 e. The second-order valence-electron chi connectivity index (χ2n) is 7.12. The molecule has 0 amide bonds. The number of aromatic nitrogens is 4. The molecule has 0 aliphatic rings. The zero-order valence-electron chi connectivity index (χ0n) is 16.2. The summed E-state index contributed by atoms with van der Waals surface area (Å²) in [5.74, 6) is 1.03. The summed E-state index contributed by atoms with van der Waals surface area (Å²) in [5, 5.41) is 8.65. The number of hydrogen-bond donors (Lipinski definition) is 2. The SMILES string of the molecule is Cc1ccc2ncccc2c1-c1cc(-c2c(C)noc2C)cc2[nH]c(N=N)nc12. The molecule has 0 fully saturated rings. The topological polar surface area (TPSA) is 104 Å². The standard InChI is InChI=1S/C22H18N6O/c1-11-6-7-17-15(5-4-8-24-17)19(11)16-9-14(20-12(2)28-29-13(20)3)10-18-21(16)26-22(25-18)27-23/h4-10,23H,1-3H3,(H,25,26). The molecule has 7 nitrogen and oxygen atoms in total. The Morgan fingerprint density at radius 3 is 2.69 bits per heavy atom. The van der Waals surface area contributed by atoms with E-state index >= 15 is 0 Å². The number of aryl methyl sites for hydroxylation is 3. The molecule has 0 unspecified atom stereocenters. The first-order valence-corrected chi connectivity index (χ1v) is 9.26. The molecule has 29 heavy (non-hydrogen) atoms. The molecular formula is C22H18N6O. The third-order valence-corrected chi connectivity index (χ3v) is 5.26. The fourth-order valence-electron chi connectivity index (χ4n) is 4.01. The van der Waals surface area contributed by atoms with Gasteiger partial charge in [-0.05, 0) is 61.7 Å². The second-order valence-corrected chi connectivity index (χ2v) is 7.12. The lowest BCUT2D eigenvalue weighted by Gasteiger charge is -2.13. The molecule has 3 aromatic heterocycles. The molecule has 142 valence electrons. The van der Waals surface area contributed by atoms with Gasteiger partial charge in [0.2, 0.25) is 5.95 Å². The highest BCUT2D eigenvalue weighted by molar-refractivity contribution is 6.05. The highest BCUT2D eigenvalue weighted by atomic mass is 16.5. The molecule has 5 rings (SSSR count). The maximum atomic E-state index is 7.38. The molecule has 5 aromatic rings. The molecule has 3 heterocycles. The predicted molar refractivity (Wildman–Crippen MR) is 111 cm³/mol. The van der Waals surface area contributed by atoms with E-state index in [1.807, 2.05) is 32.0 Å². The smallest absolute Gasteiger partial charge is 0.247 e. The van der Waals surface area contributed by atoms with Crippen LogP contribution in [0.5, 0.6) is 0 Å². The van der Waals surface area contributed by atoms with Crippen molar-refractivity contribution in [2.45, 2.75) is 20.8 Å². The molecule has 0 aliphatic heterocycles. The van der Waals surface area contributed by atoms with E-state index in [9.17, 15) is 0 Å². The van der Waals surface area contributed by atoms with Crippen molar-refractivity contribution in [2.75, 3.05) is 0 Å². The normalized spacial score (nSPS) is 11.4. The lowest BCUT2D eigenvalue weighted by atomic mass is 9.92. The van der Waals surface area contributed by atoms with Crippen molar-refractivity contribution < 1.29 is 4.52 Å². The van der Waals surface area contributed by atoms with Crippen molar-refractivity contribution in [3.8, 4) is 22.3 Å². The van der Waals surface area contributed by atoms with Gasteiger partial charge in [-0.2, -0.15) is 0 Å².